The summed E-state index contributed by atoms with van der Waals surface area (Å²) in [6.45, 7) is 0.481. The lowest BCUT2D eigenvalue weighted by Crippen LogP contribution is -2.42. The Morgan fingerprint density at radius 3 is 2.53 bits per heavy atom. The average Bonchev–Trinajstić information content (AvgIpc) is 2.65. The highest BCUT2D eigenvalue weighted by atomic mass is 35.5. The van der Waals surface area contributed by atoms with E-state index in [1.807, 2.05) is 0 Å². The number of nitrogens with two attached hydrogens (primary N) is 1. The number of aromatic nitrogens is 2. The first-order valence-electron chi connectivity index (χ1n) is 5.07. The molecule has 1 aliphatic carbocycles. The molecule has 0 unspecified atom stereocenters. The fraction of sp³-hybridized carbons (Fsp3) is 0.600. The van der Waals surface area contributed by atoms with Crippen LogP contribution < -0.4 is 10.5 Å². The maximum absolute atomic E-state index is 6.13. The van der Waals surface area contributed by atoms with Gasteiger partial charge in [0.05, 0.1) is 23.0 Å². The number of hydrogen-bond acceptors (Lipinski definition) is 4. The van der Waals surface area contributed by atoms with Gasteiger partial charge in [-0.25, -0.2) is 9.97 Å². The van der Waals surface area contributed by atoms with Crippen molar-refractivity contribution in [1.82, 2.24) is 9.97 Å². The summed E-state index contributed by atoms with van der Waals surface area (Å²) < 4.78 is 5.44. The smallest absolute Gasteiger partial charge is 0.316 e. The van der Waals surface area contributed by atoms with Crippen LogP contribution in [0.4, 0.5) is 0 Å². The predicted molar refractivity (Wildman–Crippen MR) is 57.9 cm³/mol. The van der Waals surface area contributed by atoms with Crippen LogP contribution in [-0.2, 0) is 0 Å². The zero-order valence-electron chi connectivity index (χ0n) is 8.45. The molecule has 82 valence electrons. The van der Waals surface area contributed by atoms with E-state index in [0.717, 1.165) is 12.8 Å². The molecule has 0 saturated heterocycles. The Balaban J connectivity index is 1.90. The number of ether oxygens (including phenoxy) is 1. The minimum atomic E-state index is -0.191. The molecule has 4 nitrogen and oxygen atoms in total. The van der Waals surface area contributed by atoms with E-state index in [9.17, 15) is 0 Å². The molecular weight excluding hydrogens is 214 g/mol. The van der Waals surface area contributed by atoms with Gasteiger partial charge in [0.2, 0.25) is 0 Å². The van der Waals surface area contributed by atoms with Gasteiger partial charge in [0.15, 0.2) is 0 Å². The van der Waals surface area contributed by atoms with Crippen molar-refractivity contribution in [3.05, 3.63) is 17.4 Å². The summed E-state index contributed by atoms with van der Waals surface area (Å²) >= 11 is 5.66. The first-order valence-corrected chi connectivity index (χ1v) is 5.45. The van der Waals surface area contributed by atoms with Gasteiger partial charge in [0.1, 0.15) is 6.61 Å². The first kappa shape index (κ1) is 10.6. The summed E-state index contributed by atoms with van der Waals surface area (Å²) in [5.74, 6) is 0. The Bertz CT molecular complexity index is 322. The van der Waals surface area contributed by atoms with E-state index in [2.05, 4.69) is 9.97 Å². The zero-order chi connectivity index (χ0) is 10.7. The van der Waals surface area contributed by atoms with Gasteiger partial charge in [-0.05, 0) is 12.8 Å². The SMILES string of the molecule is NC1(COc2ncc(Cl)cn2)CCCC1. The van der Waals surface area contributed by atoms with Gasteiger partial charge in [-0.15, -0.1) is 0 Å². The molecule has 0 spiro atoms. The molecule has 1 fully saturated rings. The minimum Gasteiger partial charge on any atom is -0.462 e. The molecule has 0 radical (unpaired) electrons. The lowest BCUT2D eigenvalue weighted by molar-refractivity contribution is 0.206. The van der Waals surface area contributed by atoms with Gasteiger partial charge in [-0.1, -0.05) is 24.4 Å². The quantitative estimate of drug-likeness (QED) is 0.855. The lowest BCUT2D eigenvalue weighted by atomic mass is 10.0. The van der Waals surface area contributed by atoms with Gasteiger partial charge in [-0.3, -0.25) is 0 Å². The monoisotopic (exact) mass is 227 g/mol. The Morgan fingerprint density at radius 2 is 1.93 bits per heavy atom. The van der Waals surface area contributed by atoms with Gasteiger partial charge < -0.3 is 10.5 Å². The van der Waals surface area contributed by atoms with Crippen molar-refractivity contribution in [2.24, 2.45) is 5.73 Å². The third-order valence-electron chi connectivity index (χ3n) is 2.68. The molecule has 5 heteroatoms. The molecule has 1 aliphatic rings. The van der Waals surface area contributed by atoms with Crippen LogP contribution in [-0.4, -0.2) is 22.1 Å². The topological polar surface area (TPSA) is 61.0 Å². The van der Waals surface area contributed by atoms with Crippen molar-refractivity contribution in [3.63, 3.8) is 0 Å². The highest BCUT2D eigenvalue weighted by Gasteiger charge is 2.30. The molecule has 15 heavy (non-hydrogen) atoms. The van der Waals surface area contributed by atoms with Crippen molar-refractivity contribution in [1.29, 1.82) is 0 Å². The second-order valence-electron chi connectivity index (χ2n) is 4.04. The molecule has 0 bridgehead atoms. The summed E-state index contributed by atoms with van der Waals surface area (Å²) in [7, 11) is 0. The third kappa shape index (κ3) is 2.79. The fourth-order valence-electron chi connectivity index (χ4n) is 1.81. The molecule has 1 heterocycles. The number of rotatable bonds is 3. The molecular formula is C10H14ClN3O. The molecule has 1 saturated carbocycles. The maximum Gasteiger partial charge on any atom is 0.316 e. The van der Waals surface area contributed by atoms with Gasteiger partial charge in [0, 0.05) is 0 Å². The van der Waals surface area contributed by atoms with Crippen LogP contribution in [0.1, 0.15) is 25.7 Å². The van der Waals surface area contributed by atoms with Crippen LogP contribution in [0.25, 0.3) is 0 Å². The molecule has 0 amide bonds. The number of halogens is 1. The van der Waals surface area contributed by atoms with Crippen molar-refractivity contribution < 1.29 is 4.74 Å². The van der Waals surface area contributed by atoms with Gasteiger partial charge in [0.25, 0.3) is 0 Å². The first-order chi connectivity index (χ1) is 7.18. The lowest BCUT2D eigenvalue weighted by Gasteiger charge is -2.22. The highest BCUT2D eigenvalue weighted by molar-refractivity contribution is 6.30. The van der Waals surface area contributed by atoms with E-state index in [1.54, 1.807) is 0 Å². The van der Waals surface area contributed by atoms with Crippen molar-refractivity contribution in [2.75, 3.05) is 6.61 Å². The standard InChI is InChI=1S/C10H14ClN3O/c11-8-5-13-9(14-6-8)15-7-10(12)3-1-2-4-10/h5-6H,1-4,7,12H2. The van der Waals surface area contributed by atoms with Crippen LogP contribution in [0.15, 0.2) is 12.4 Å². The largest absolute Gasteiger partial charge is 0.462 e. The van der Waals surface area contributed by atoms with Crippen LogP contribution in [0.2, 0.25) is 5.02 Å². The summed E-state index contributed by atoms with van der Waals surface area (Å²) in [5, 5.41) is 0.505. The van der Waals surface area contributed by atoms with Crippen LogP contribution in [0.5, 0.6) is 6.01 Å². The predicted octanol–water partition coefficient (Wildman–Crippen LogP) is 1.78. The second-order valence-corrected chi connectivity index (χ2v) is 4.48. The van der Waals surface area contributed by atoms with E-state index in [0.29, 0.717) is 17.6 Å². The fourth-order valence-corrected chi connectivity index (χ4v) is 1.90. The Labute approximate surface area is 93.8 Å². The average molecular weight is 228 g/mol. The molecule has 1 aromatic heterocycles. The van der Waals surface area contributed by atoms with Gasteiger partial charge in [-0.2, -0.15) is 0 Å². The van der Waals surface area contributed by atoms with Crippen molar-refractivity contribution in [2.45, 2.75) is 31.2 Å². The van der Waals surface area contributed by atoms with Crippen LogP contribution in [0, 0.1) is 0 Å². The minimum absolute atomic E-state index is 0.191. The normalized spacial score (nSPS) is 19.1. The summed E-state index contributed by atoms with van der Waals surface area (Å²) in [6, 6.07) is 0.344. The van der Waals surface area contributed by atoms with Crippen LogP contribution in [0.3, 0.4) is 0 Å². The Kier molecular flexibility index (Phi) is 3.07. The molecule has 0 atom stereocenters. The van der Waals surface area contributed by atoms with Crippen molar-refractivity contribution >= 4 is 11.6 Å². The summed E-state index contributed by atoms with van der Waals surface area (Å²) in [6.07, 6.45) is 7.42. The molecule has 1 aromatic rings. The van der Waals surface area contributed by atoms with E-state index in [1.165, 1.54) is 25.2 Å². The number of nitrogens with zero attached hydrogens (tertiary/aromatic N) is 2. The highest BCUT2D eigenvalue weighted by Crippen LogP contribution is 2.27. The van der Waals surface area contributed by atoms with E-state index in [-0.39, 0.29) is 5.54 Å². The van der Waals surface area contributed by atoms with Crippen molar-refractivity contribution in [3.8, 4) is 6.01 Å². The summed E-state index contributed by atoms with van der Waals surface area (Å²) in [4.78, 5) is 7.90. The Hall–Kier alpha value is -0.870. The van der Waals surface area contributed by atoms with Crippen LogP contribution >= 0.6 is 11.6 Å². The van der Waals surface area contributed by atoms with Gasteiger partial charge >= 0.3 is 6.01 Å². The molecule has 0 aliphatic heterocycles. The van der Waals surface area contributed by atoms with E-state index in [4.69, 9.17) is 22.1 Å². The second kappa shape index (κ2) is 4.33. The maximum atomic E-state index is 6.13. The Morgan fingerprint density at radius 1 is 1.33 bits per heavy atom. The molecule has 2 N–H and O–H groups in total. The number of hydrogen-bond donors (Lipinski definition) is 1. The molecule has 0 aromatic carbocycles. The van der Waals surface area contributed by atoms with E-state index >= 15 is 0 Å². The zero-order valence-corrected chi connectivity index (χ0v) is 9.20. The van der Waals surface area contributed by atoms with E-state index < -0.39 is 0 Å². The third-order valence-corrected chi connectivity index (χ3v) is 2.88. The molecule has 2 rings (SSSR count). The summed E-state index contributed by atoms with van der Waals surface area (Å²) in [5.41, 5.74) is 5.94.